The monoisotopic (exact) mass is 340 g/mol. The Kier molecular flexibility index (Phi) is 3.33. The molecule has 4 aromatic rings. The molecular weight excluding hydrogens is 320 g/mol. The summed E-state index contributed by atoms with van der Waals surface area (Å²) in [6.45, 7) is 2.14. The lowest BCUT2D eigenvalue weighted by atomic mass is 10.1. The standard InChI is InChI=1S/C22H20N4/c1-15-12-13-20-18(14-15)17-10-6-7-11-19(17)26(20)22-23-21(25(2)24-22)16-8-4-3-5-9-16/h3-14,22,24H,1-2H3. The third-order valence-electron chi connectivity index (χ3n) is 5.01. The van der Waals surface area contributed by atoms with Gasteiger partial charge in [-0.25, -0.2) is 4.99 Å². The quantitative estimate of drug-likeness (QED) is 0.584. The third-order valence-corrected chi connectivity index (χ3v) is 5.01. The molecule has 1 unspecified atom stereocenters. The number of para-hydroxylation sites is 1. The van der Waals surface area contributed by atoms with Gasteiger partial charge in [0, 0.05) is 23.4 Å². The SMILES string of the molecule is Cc1ccc2c(c1)c1ccccc1n2C1N=C(c2ccccc2)N(C)N1. The fourth-order valence-electron chi connectivity index (χ4n) is 3.82. The van der Waals surface area contributed by atoms with E-state index in [9.17, 15) is 0 Å². The summed E-state index contributed by atoms with van der Waals surface area (Å²) >= 11 is 0. The Labute approximate surface area is 152 Å². The Morgan fingerprint density at radius 2 is 1.58 bits per heavy atom. The number of benzene rings is 3. The number of amidine groups is 1. The van der Waals surface area contributed by atoms with E-state index in [1.807, 2.05) is 30.3 Å². The summed E-state index contributed by atoms with van der Waals surface area (Å²) in [4.78, 5) is 5.00. The average molecular weight is 340 g/mol. The molecule has 0 radical (unpaired) electrons. The second-order valence-corrected chi connectivity index (χ2v) is 6.79. The van der Waals surface area contributed by atoms with Gasteiger partial charge in [-0.05, 0) is 25.1 Å². The molecule has 0 bridgehead atoms. The highest BCUT2D eigenvalue weighted by Crippen LogP contribution is 2.33. The first-order valence-corrected chi connectivity index (χ1v) is 8.85. The van der Waals surface area contributed by atoms with E-state index in [-0.39, 0.29) is 6.29 Å². The number of nitrogens with one attached hydrogen (secondary N) is 1. The fourth-order valence-corrected chi connectivity index (χ4v) is 3.82. The van der Waals surface area contributed by atoms with Crippen molar-refractivity contribution >= 4 is 27.6 Å². The lowest BCUT2D eigenvalue weighted by Crippen LogP contribution is -2.36. The van der Waals surface area contributed by atoms with Gasteiger partial charge >= 0.3 is 0 Å². The van der Waals surface area contributed by atoms with E-state index in [1.54, 1.807) is 0 Å². The number of fused-ring (bicyclic) bond motifs is 3. The first-order chi connectivity index (χ1) is 12.7. The molecule has 1 aliphatic rings. The van der Waals surface area contributed by atoms with Crippen molar-refractivity contribution in [3.05, 3.63) is 83.9 Å². The molecule has 0 spiro atoms. The Bertz CT molecular complexity index is 1140. The van der Waals surface area contributed by atoms with Gasteiger partial charge in [-0.3, -0.25) is 5.01 Å². The first-order valence-electron chi connectivity index (χ1n) is 8.85. The molecule has 0 saturated heterocycles. The van der Waals surface area contributed by atoms with Crippen LogP contribution in [-0.4, -0.2) is 22.5 Å². The lowest BCUT2D eigenvalue weighted by molar-refractivity contribution is 0.305. The highest BCUT2D eigenvalue weighted by Gasteiger charge is 2.26. The minimum absolute atomic E-state index is 0.166. The van der Waals surface area contributed by atoms with Crippen molar-refractivity contribution < 1.29 is 0 Å². The van der Waals surface area contributed by atoms with E-state index in [0.717, 1.165) is 11.4 Å². The second-order valence-electron chi connectivity index (χ2n) is 6.79. The lowest BCUT2D eigenvalue weighted by Gasteiger charge is -2.18. The molecule has 128 valence electrons. The highest BCUT2D eigenvalue weighted by atomic mass is 15.6. The highest BCUT2D eigenvalue weighted by molar-refractivity contribution is 6.08. The van der Waals surface area contributed by atoms with Crippen molar-refractivity contribution in [1.82, 2.24) is 15.0 Å². The molecule has 1 aliphatic heterocycles. The Morgan fingerprint density at radius 1 is 0.846 bits per heavy atom. The summed E-state index contributed by atoms with van der Waals surface area (Å²) in [6, 6.07) is 25.5. The fraction of sp³-hybridized carbons (Fsp3) is 0.136. The summed E-state index contributed by atoms with van der Waals surface area (Å²) in [7, 11) is 2.02. The van der Waals surface area contributed by atoms with Crippen LogP contribution < -0.4 is 5.43 Å². The van der Waals surface area contributed by atoms with Gasteiger partial charge in [-0.2, -0.15) is 5.43 Å². The van der Waals surface area contributed by atoms with Crippen molar-refractivity contribution in [2.75, 3.05) is 7.05 Å². The largest absolute Gasteiger partial charge is 0.304 e. The molecule has 2 heterocycles. The first kappa shape index (κ1) is 15.2. The molecule has 5 rings (SSSR count). The third kappa shape index (κ3) is 2.23. The topological polar surface area (TPSA) is 32.6 Å². The maximum absolute atomic E-state index is 5.00. The molecule has 4 heteroatoms. The zero-order valence-corrected chi connectivity index (χ0v) is 14.8. The number of aryl methyl sites for hydroxylation is 1. The molecular formula is C22H20N4. The molecule has 26 heavy (non-hydrogen) atoms. The summed E-state index contributed by atoms with van der Waals surface area (Å²) in [5.41, 5.74) is 8.26. The van der Waals surface area contributed by atoms with Gasteiger partial charge in [0.05, 0.1) is 11.0 Å². The molecule has 0 amide bonds. The van der Waals surface area contributed by atoms with E-state index in [2.05, 4.69) is 71.5 Å². The number of hydrogen-bond donors (Lipinski definition) is 1. The smallest absolute Gasteiger partial charge is 0.199 e. The van der Waals surface area contributed by atoms with Gasteiger partial charge in [0.25, 0.3) is 0 Å². The van der Waals surface area contributed by atoms with Gasteiger partial charge in [0.1, 0.15) is 5.84 Å². The van der Waals surface area contributed by atoms with Crippen LogP contribution in [0.3, 0.4) is 0 Å². The van der Waals surface area contributed by atoms with Gasteiger partial charge in [0.15, 0.2) is 6.29 Å². The van der Waals surface area contributed by atoms with Gasteiger partial charge in [0.2, 0.25) is 0 Å². The van der Waals surface area contributed by atoms with E-state index >= 15 is 0 Å². The molecule has 3 aromatic carbocycles. The average Bonchev–Trinajstić information content (AvgIpc) is 3.20. The van der Waals surface area contributed by atoms with E-state index in [1.165, 1.54) is 27.4 Å². The summed E-state index contributed by atoms with van der Waals surface area (Å²) in [5.74, 6) is 0.952. The van der Waals surface area contributed by atoms with Crippen LogP contribution in [0.15, 0.2) is 77.8 Å². The molecule has 0 saturated carbocycles. The molecule has 0 fully saturated rings. The van der Waals surface area contributed by atoms with Gasteiger partial charge in [-0.15, -0.1) is 0 Å². The Morgan fingerprint density at radius 3 is 2.42 bits per heavy atom. The van der Waals surface area contributed by atoms with Gasteiger partial charge in [-0.1, -0.05) is 60.2 Å². The predicted molar refractivity (Wildman–Crippen MR) is 107 cm³/mol. The minimum atomic E-state index is -0.166. The Balaban J connectivity index is 1.73. The van der Waals surface area contributed by atoms with Gasteiger partial charge < -0.3 is 4.57 Å². The van der Waals surface area contributed by atoms with E-state index in [0.29, 0.717) is 0 Å². The summed E-state index contributed by atoms with van der Waals surface area (Å²) in [5, 5.41) is 4.54. The van der Waals surface area contributed by atoms with Crippen molar-refractivity contribution in [2.24, 2.45) is 4.99 Å². The Hall–Kier alpha value is -3.11. The predicted octanol–water partition coefficient (Wildman–Crippen LogP) is 4.46. The van der Waals surface area contributed by atoms with Crippen LogP contribution in [0.4, 0.5) is 0 Å². The summed E-state index contributed by atoms with van der Waals surface area (Å²) < 4.78 is 2.29. The maximum atomic E-state index is 5.00. The molecule has 1 N–H and O–H groups in total. The number of hydrogen-bond acceptors (Lipinski definition) is 3. The van der Waals surface area contributed by atoms with Crippen molar-refractivity contribution in [1.29, 1.82) is 0 Å². The number of hydrazine groups is 1. The molecule has 1 atom stereocenters. The molecule has 0 aliphatic carbocycles. The number of aromatic nitrogens is 1. The maximum Gasteiger partial charge on any atom is 0.199 e. The number of aliphatic imine (C=N–C) groups is 1. The van der Waals surface area contributed by atoms with Crippen LogP contribution in [0.1, 0.15) is 17.4 Å². The zero-order chi connectivity index (χ0) is 17.7. The van der Waals surface area contributed by atoms with Crippen LogP contribution in [0.5, 0.6) is 0 Å². The van der Waals surface area contributed by atoms with Crippen LogP contribution in [0.25, 0.3) is 21.8 Å². The van der Waals surface area contributed by atoms with Crippen LogP contribution in [0.2, 0.25) is 0 Å². The second kappa shape index (κ2) is 5.71. The van der Waals surface area contributed by atoms with Crippen LogP contribution in [-0.2, 0) is 0 Å². The van der Waals surface area contributed by atoms with Crippen LogP contribution >= 0.6 is 0 Å². The normalized spacial score (nSPS) is 17.2. The molecule has 4 nitrogen and oxygen atoms in total. The van der Waals surface area contributed by atoms with E-state index in [4.69, 9.17) is 4.99 Å². The van der Waals surface area contributed by atoms with Crippen molar-refractivity contribution in [3.8, 4) is 0 Å². The molecule has 1 aromatic heterocycles. The van der Waals surface area contributed by atoms with Crippen LogP contribution in [0, 0.1) is 6.92 Å². The number of rotatable bonds is 2. The minimum Gasteiger partial charge on any atom is -0.304 e. The summed E-state index contributed by atoms with van der Waals surface area (Å²) in [6.07, 6.45) is -0.166. The zero-order valence-electron chi connectivity index (χ0n) is 14.8. The van der Waals surface area contributed by atoms with Crippen molar-refractivity contribution in [3.63, 3.8) is 0 Å². The van der Waals surface area contributed by atoms with E-state index < -0.39 is 0 Å². The number of nitrogens with zero attached hydrogens (tertiary/aromatic N) is 3. The van der Waals surface area contributed by atoms with Crippen molar-refractivity contribution in [2.45, 2.75) is 13.2 Å².